The summed E-state index contributed by atoms with van der Waals surface area (Å²) in [5.74, 6) is 1.13. The van der Waals surface area contributed by atoms with Crippen molar-refractivity contribution >= 4 is 17.5 Å². The van der Waals surface area contributed by atoms with E-state index in [4.69, 9.17) is 5.73 Å². The van der Waals surface area contributed by atoms with Gasteiger partial charge in [-0.2, -0.15) is 4.98 Å². The quantitative estimate of drug-likeness (QED) is 0.613. The van der Waals surface area contributed by atoms with Gasteiger partial charge in [-0.15, -0.1) is 0 Å². The van der Waals surface area contributed by atoms with Gasteiger partial charge < -0.3 is 10.6 Å². The molecular formula is C10H15N5O2. The van der Waals surface area contributed by atoms with Gasteiger partial charge in [-0.25, -0.2) is 4.98 Å². The third kappa shape index (κ3) is 2.43. The molecule has 17 heavy (non-hydrogen) atoms. The summed E-state index contributed by atoms with van der Waals surface area (Å²) in [7, 11) is 0. The summed E-state index contributed by atoms with van der Waals surface area (Å²) in [5, 5.41) is 10.6. The van der Waals surface area contributed by atoms with E-state index in [1.54, 1.807) is 0 Å². The second-order valence-corrected chi connectivity index (χ2v) is 4.37. The van der Waals surface area contributed by atoms with E-state index in [0.29, 0.717) is 11.9 Å². The maximum atomic E-state index is 10.6. The number of piperidine rings is 1. The molecule has 7 heteroatoms. The first-order chi connectivity index (χ1) is 8.08. The topological polar surface area (TPSA) is 98.2 Å². The van der Waals surface area contributed by atoms with Crippen LogP contribution in [0.4, 0.5) is 17.5 Å². The summed E-state index contributed by atoms with van der Waals surface area (Å²) in [4.78, 5) is 20.0. The molecule has 92 valence electrons. The number of nitrogens with zero attached hydrogens (tertiary/aromatic N) is 4. The molecule has 1 saturated heterocycles. The van der Waals surface area contributed by atoms with Crippen molar-refractivity contribution in [2.24, 2.45) is 5.92 Å². The fourth-order valence-corrected chi connectivity index (χ4v) is 1.88. The molecule has 0 radical (unpaired) electrons. The van der Waals surface area contributed by atoms with Gasteiger partial charge in [0.05, 0.1) is 4.92 Å². The van der Waals surface area contributed by atoms with Crippen molar-refractivity contribution in [3.63, 3.8) is 0 Å². The highest BCUT2D eigenvalue weighted by Crippen LogP contribution is 2.23. The molecule has 0 saturated carbocycles. The molecule has 0 aromatic carbocycles. The first kappa shape index (κ1) is 11.6. The molecule has 7 nitrogen and oxygen atoms in total. The first-order valence-corrected chi connectivity index (χ1v) is 5.60. The van der Waals surface area contributed by atoms with Crippen molar-refractivity contribution in [1.29, 1.82) is 0 Å². The van der Waals surface area contributed by atoms with E-state index < -0.39 is 4.92 Å². The van der Waals surface area contributed by atoms with Crippen LogP contribution in [0.3, 0.4) is 0 Å². The third-order valence-corrected chi connectivity index (χ3v) is 3.05. The van der Waals surface area contributed by atoms with Crippen LogP contribution in [0.5, 0.6) is 0 Å². The summed E-state index contributed by atoms with van der Waals surface area (Å²) in [5.41, 5.74) is 5.30. The number of anilines is 2. The van der Waals surface area contributed by atoms with Crippen molar-refractivity contribution < 1.29 is 4.92 Å². The fraction of sp³-hybridized carbons (Fsp3) is 0.600. The number of nitrogen functional groups attached to an aromatic ring is 1. The molecule has 2 rings (SSSR count). The van der Waals surface area contributed by atoms with E-state index in [2.05, 4.69) is 16.9 Å². The summed E-state index contributed by atoms with van der Waals surface area (Å²) in [6.07, 6.45) is 3.34. The number of rotatable bonds is 2. The summed E-state index contributed by atoms with van der Waals surface area (Å²) in [6.45, 7) is 3.96. The van der Waals surface area contributed by atoms with E-state index in [-0.39, 0.29) is 11.5 Å². The molecule has 0 spiro atoms. The lowest BCUT2D eigenvalue weighted by Crippen LogP contribution is -2.34. The van der Waals surface area contributed by atoms with Crippen LogP contribution in [0.1, 0.15) is 19.8 Å². The van der Waals surface area contributed by atoms with Gasteiger partial charge in [-0.1, -0.05) is 6.92 Å². The molecule has 0 unspecified atom stereocenters. The molecule has 0 atom stereocenters. The van der Waals surface area contributed by atoms with Gasteiger partial charge >= 0.3 is 5.69 Å². The van der Waals surface area contributed by atoms with E-state index in [1.807, 2.05) is 4.90 Å². The minimum Gasteiger partial charge on any atom is -0.378 e. The molecule has 1 fully saturated rings. The Morgan fingerprint density at radius 3 is 2.71 bits per heavy atom. The Balaban J connectivity index is 2.17. The zero-order chi connectivity index (χ0) is 12.4. The standard InChI is InChI=1S/C10H15N5O2/c1-7-2-4-14(5-3-7)10-12-6-8(15(16)17)9(11)13-10/h6-7H,2-5H2,1H3,(H2,11,12,13). The zero-order valence-corrected chi connectivity index (χ0v) is 9.67. The van der Waals surface area contributed by atoms with Gasteiger partial charge in [0, 0.05) is 13.1 Å². The Kier molecular flexibility index (Phi) is 3.08. The van der Waals surface area contributed by atoms with Crippen LogP contribution < -0.4 is 10.6 Å². The highest BCUT2D eigenvalue weighted by molar-refractivity contribution is 5.53. The van der Waals surface area contributed by atoms with Gasteiger partial charge in [-0.3, -0.25) is 10.1 Å². The van der Waals surface area contributed by atoms with Crippen molar-refractivity contribution in [2.75, 3.05) is 23.7 Å². The van der Waals surface area contributed by atoms with Crippen LogP contribution in [-0.4, -0.2) is 28.0 Å². The van der Waals surface area contributed by atoms with Crippen molar-refractivity contribution in [3.05, 3.63) is 16.3 Å². The van der Waals surface area contributed by atoms with Crippen molar-refractivity contribution in [3.8, 4) is 0 Å². The molecule has 1 aromatic heterocycles. The van der Waals surface area contributed by atoms with E-state index >= 15 is 0 Å². The second kappa shape index (κ2) is 4.52. The van der Waals surface area contributed by atoms with Crippen molar-refractivity contribution in [1.82, 2.24) is 9.97 Å². The second-order valence-electron chi connectivity index (χ2n) is 4.37. The molecular weight excluding hydrogens is 222 g/mol. The van der Waals surface area contributed by atoms with Crippen molar-refractivity contribution in [2.45, 2.75) is 19.8 Å². The van der Waals surface area contributed by atoms with Crippen LogP contribution in [0.15, 0.2) is 6.20 Å². The predicted molar refractivity (Wildman–Crippen MR) is 63.7 cm³/mol. The zero-order valence-electron chi connectivity index (χ0n) is 9.67. The summed E-state index contributed by atoms with van der Waals surface area (Å²) < 4.78 is 0. The SMILES string of the molecule is CC1CCN(c2ncc([N+](=O)[O-])c(N)n2)CC1. The third-order valence-electron chi connectivity index (χ3n) is 3.05. The molecule has 2 N–H and O–H groups in total. The Hall–Kier alpha value is -1.92. The van der Waals surface area contributed by atoms with Crippen LogP contribution in [0, 0.1) is 16.0 Å². The van der Waals surface area contributed by atoms with Crippen LogP contribution in [0.25, 0.3) is 0 Å². The molecule has 1 aromatic rings. The molecule has 0 amide bonds. The lowest BCUT2D eigenvalue weighted by molar-refractivity contribution is -0.384. The minimum absolute atomic E-state index is 0.0707. The first-order valence-electron chi connectivity index (χ1n) is 5.60. The van der Waals surface area contributed by atoms with Crippen LogP contribution in [0.2, 0.25) is 0 Å². The summed E-state index contributed by atoms with van der Waals surface area (Å²) in [6, 6.07) is 0. The van der Waals surface area contributed by atoms with Gasteiger partial charge in [0.15, 0.2) is 0 Å². The Morgan fingerprint density at radius 1 is 1.53 bits per heavy atom. The Bertz CT molecular complexity index is 429. The fourth-order valence-electron chi connectivity index (χ4n) is 1.88. The number of aromatic nitrogens is 2. The maximum absolute atomic E-state index is 10.6. The largest absolute Gasteiger partial charge is 0.378 e. The number of nitrogens with two attached hydrogens (primary N) is 1. The van der Waals surface area contributed by atoms with Gasteiger partial charge in [0.25, 0.3) is 0 Å². The number of hydrogen-bond donors (Lipinski definition) is 1. The Morgan fingerprint density at radius 2 is 2.18 bits per heavy atom. The molecule has 0 aliphatic carbocycles. The van der Waals surface area contributed by atoms with Gasteiger partial charge in [-0.05, 0) is 18.8 Å². The smallest absolute Gasteiger partial charge is 0.329 e. The molecule has 2 heterocycles. The van der Waals surface area contributed by atoms with E-state index in [0.717, 1.165) is 25.9 Å². The van der Waals surface area contributed by atoms with E-state index in [1.165, 1.54) is 6.20 Å². The van der Waals surface area contributed by atoms with Gasteiger partial charge in [0.2, 0.25) is 11.8 Å². The maximum Gasteiger partial charge on any atom is 0.329 e. The predicted octanol–water partition coefficient (Wildman–Crippen LogP) is 1.20. The van der Waals surface area contributed by atoms with Crippen LogP contribution >= 0.6 is 0 Å². The lowest BCUT2D eigenvalue weighted by atomic mass is 10.00. The highest BCUT2D eigenvalue weighted by atomic mass is 16.6. The van der Waals surface area contributed by atoms with Crippen LogP contribution in [-0.2, 0) is 0 Å². The average molecular weight is 237 g/mol. The monoisotopic (exact) mass is 237 g/mol. The highest BCUT2D eigenvalue weighted by Gasteiger charge is 2.21. The Labute approximate surface area is 98.8 Å². The average Bonchev–Trinajstić information content (AvgIpc) is 2.29. The van der Waals surface area contributed by atoms with Gasteiger partial charge in [0.1, 0.15) is 6.20 Å². The van der Waals surface area contributed by atoms with E-state index in [9.17, 15) is 10.1 Å². The normalized spacial score (nSPS) is 17.1. The number of nitro groups is 1. The number of hydrogen-bond acceptors (Lipinski definition) is 6. The molecule has 1 aliphatic rings. The molecule has 0 bridgehead atoms. The summed E-state index contributed by atoms with van der Waals surface area (Å²) >= 11 is 0. The minimum atomic E-state index is -0.572. The lowest BCUT2D eigenvalue weighted by Gasteiger charge is -2.30. The molecule has 1 aliphatic heterocycles.